The minimum Gasteiger partial charge on any atom is -0.492 e. The highest BCUT2D eigenvalue weighted by Crippen LogP contribution is 2.15. The van der Waals surface area contributed by atoms with E-state index in [1.54, 1.807) is 23.0 Å². The van der Waals surface area contributed by atoms with E-state index in [1.807, 2.05) is 12.1 Å². The smallest absolute Gasteiger partial charge is 0.119 e. The molecule has 0 N–H and O–H groups in total. The SMILES string of the molecule is ClCc1cn(CCOc2ccc(Cl)cc2)nn1. The second-order valence-corrected chi connectivity index (χ2v) is 4.11. The Bertz CT molecular complexity index is 470. The van der Waals surface area contributed by atoms with Gasteiger partial charge in [-0.05, 0) is 24.3 Å². The van der Waals surface area contributed by atoms with E-state index in [1.165, 1.54) is 0 Å². The Balaban J connectivity index is 1.81. The quantitative estimate of drug-likeness (QED) is 0.786. The van der Waals surface area contributed by atoms with Crippen LogP contribution < -0.4 is 4.74 Å². The average Bonchev–Trinajstić information content (AvgIpc) is 2.80. The van der Waals surface area contributed by atoms with Crippen molar-refractivity contribution in [2.75, 3.05) is 6.61 Å². The molecule has 90 valence electrons. The first-order valence-corrected chi connectivity index (χ1v) is 6.02. The molecule has 0 aliphatic rings. The van der Waals surface area contributed by atoms with Crippen molar-refractivity contribution in [2.24, 2.45) is 0 Å². The summed E-state index contributed by atoms with van der Waals surface area (Å²) in [5.74, 6) is 1.16. The molecule has 0 saturated heterocycles. The summed E-state index contributed by atoms with van der Waals surface area (Å²) in [4.78, 5) is 0. The van der Waals surface area contributed by atoms with Gasteiger partial charge in [-0.1, -0.05) is 16.8 Å². The van der Waals surface area contributed by atoms with E-state index in [2.05, 4.69) is 10.3 Å². The van der Waals surface area contributed by atoms with Crippen LogP contribution in [0.1, 0.15) is 5.69 Å². The summed E-state index contributed by atoms with van der Waals surface area (Å²) in [7, 11) is 0. The Morgan fingerprint density at radius 3 is 2.65 bits per heavy atom. The van der Waals surface area contributed by atoms with Gasteiger partial charge >= 0.3 is 0 Å². The molecule has 0 aliphatic heterocycles. The molecular formula is C11H11Cl2N3O. The number of nitrogens with zero attached hydrogens (tertiary/aromatic N) is 3. The molecule has 0 unspecified atom stereocenters. The highest BCUT2D eigenvalue weighted by molar-refractivity contribution is 6.30. The largest absolute Gasteiger partial charge is 0.492 e. The van der Waals surface area contributed by atoms with Crippen LogP contribution in [-0.4, -0.2) is 21.6 Å². The van der Waals surface area contributed by atoms with Crippen LogP contribution in [-0.2, 0) is 12.4 Å². The molecule has 0 aliphatic carbocycles. The van der Waals surface area contributed by atoms with E-state index >= 15 is 0 Å². The van der Waals surface area contributed by atoms with Gasteiger partial charge in [-0.15, -0.1) is 16.7 Å². The monoisotopic (exact) mass is 271 g/mol. The molecule has 17 heavy (non-hydrogen) atoms. The predicted molar refractivity (Wildman–Crippen MR) is 66.5 cm³/mol. The number of rotatable bonds is 5. The van der Waals surface area contributed by atoms with Crippen molar-refractivity contribution in [3.05, 3.63) is 41.2 Å². The molecule has 0 atom stereocenters. The number of benzene rings is 1. The van der Waals surface area contributed by atoms with Crippen LogP contribution in [0.3, 0.4) is 0 Å². The Morgan fingerprint density at radius 2 is 2.00 bits per heavy atom. The first kappa shape index (κ1) is 12.2. The lowest BCUT2D eigenvalue weighted by Crippen LogP contribution is -2.08. The zero-order valence-electron chi connectivity index (χ0n) is 9.01. The fraction of sp³-hybridized carbons (Fsp3) is 0.273. The van der Waals surface area contributed by atoms with Crippen molar-refractivity contribution in [3.63, 3.8) is 0 Å². The molecule has 1 aromatic carbocycles. The van der Waals surface area contributed by atoms with E-state index in [0.29, 0.717) is 24.1 Å². The Labute approximate surface area is 109 Å². The number of alkyl halides is 1. The summed E-state index contributed by atoms with van der Waals surface area (Å²) in [5.41, 5.74) is 0.762. The van der Waals surface area contributed by atoms with Crippen LogP contribution in [0.4, 0.5) is 0 Å². The maximum atomic E-state index is 5.77. The van der Waals surface area contributed by atoms with E-state index in [9.17, 15) is 0 Å². The Hall–Kier alpha value is -1.26. The molecule has 0 amide bonds. The Kier molecular flexibility index (Phi) is 4.23. The van der Waals surface area contributed by atoms with Gasteiger partial charge in [0.25, 0.3) is 0 Å². The van der Waals surface area contributed by atoms with Gasteiger partial charge in [0.15, 0.2) is 0 Å². The standard InChI is InChI=1S/C11H11Cl2N3O/c12-7-10-8-16(15-14-10)5-6-17-11-3-1-9(13)2-4-11/h1-4,8H,5-7H2. The lowest BCUT2D eigenvalue weighted by Gasteiger charge is -2.05. The van der Waals surface area contributed by atoms with E-state index < -0.39 is 0 Å². The molecule has 0 bridgehead atoms. The summed E-state index contributed by atoms with van der Waals surface area (Å²) < 4.78 is 7.23. The van der Waals surface area contributed by atoms with E-state index in [0.717, 1.165) is 11.4 Å². The highest BCUT2D eigenvalue weighted by Gasteiger charge is 1.99. The topological polar surface area (TPSA) is 39.9 Å². The summed E-state index contributed by atoms with van der Waals surface area (Å²) in [6.07, 6.45) is 1.80. The lowest BCUT2D eigenvalue weighted by molar-refractivity contribution is 0.289. The van der Waals surface area contributed by atoms with Crippen molar-refractivity contribution in [1.82, 2.24) is 15.0 Å². The van der Waals surface area contributed by atoms with E-state index in [4.69, 9.17) is 27.9 Å². The summed E-state index contributed by atoms with van der Waals surface area (Å²) in [5, 5.41) is 8.49. The molecule has 2 rings (SSSR count). The van der Waals surface area contributed by atoms with Gasteiger partial charge in [0.05, 0.1) is 18.1 Å². The van der Waals surface area contributed by atoms with Gasteiger partial charge in [-0.2, -0.15) is 0 Å². The van der Waals surface area contributed by atoms with Crippen molar-refractivity contribution in [3.8, 4) is 5.75 Å². The van der Waals surface area contributed by atoms with Crippen LogP contribution in [0.2, 0.25) is 5.02 Å². The number of ether oxygens (including phenoxy) is 1. The second-order valence-electron chi connectivity index (χ2n) is 3.41. The van der Waals surface area contributed by atoms with Gasteiger partial charge in [0.1, 0.15) is 12.4 Å². The van der Waals surface area contributed by atoms with Crippen molar-refractivity contribution in [1.29, 1.82) is 0 Å². The average molecular weight is 272 g/mol. The maximum absolute atomic E-state index is 5.77. The molecule has 1 aromatic heterocycles. The first-order valence-electron chi connectivity index (χ1n) is 5.11. The van der Waals surface area contributed by atoms with Crippen molar-refractivity contribution < 1.29 is 4.74 Å². The van der Waals surface area contributed by atoms with Crippen molar-refractivity contribution in [2.45, 2.75) is 12.4 Å². The molecule has 0 spiro atoms. The molecule has 6 heteroatoms. The second kappa shape index (κ2) is 5.89. The highest BCUT2D eigenvalue weighted by atomic mass is 35.5. The maximum Gasteiger partial charge on any atom is 0.119 e. The van der Waals surface area contributed by atoms with Gasteiger partial charge < -0.3 is 4.74 Å². The van der Waals surface area contributed by atoms with Crippen LogP contribution in [0.5, 0.6) is 5.75 Å². The molecule has 0 fully saturated rings. The van der Waals surface area contributed by atoms with Gasteiger partial charge in [0, 0.05) is 11.2 Å². The predicted octanol–water partition coefficient (Wildman–Crippen LogP) is 2.75. The summed E-state index contributed by atoms with van der Waals surface area (Å²) >= 11 is 11.4. The van der Waals surface area contributed by atoms with E-state index in [-0.39, 0.29) is 0 Å². The third-order valence-electron chi connectivity index (χ3n) is 2.13. The Morgan fingerprint density at radius 1 is 1.24 bits per heavy atom. The summed E-state index contributed by atoms with van der Waals surface area (Å²) in [6, 6.07) is 7.23. The molecule has 0 saturated carbocycles. The molecule has 2 aromatic rings. The van der Waals surface area contributed by atoms with Crippen LogP contribution in [0.15, 0.2) is 30.5 Å². The minimum atomic E-state index is 0.373. The van der Waals surface area contributed by atoms with Crippen LogP contribution in [0.25, 0.3) is 0 Å². The molecule has 4 nitrogen and oxygen atoms in total. The number of halogens is 2. The zero-order valence-corrected chi connectivity index (χ0v) is 10.5. The lowest BCUT2D eigenvalue weighted by atomic mass is 10.3. The fourth-order valence-electron chi connectivity index (χ4n) is 1.30. The zero-order chi connectivity index (χ0) is 12.1. The summed E-state index contributed by atoms with van der Waals surface area (Å²) in [6.45, 7) is 1.15. The minimum absolute atomic E-state index is 0.373. The third kappa shape index (κ3) is 3.61. The van der Waals surface area contributed by atoms with Crippen molar-refractivity contribution >= 4 is 23.2 Å². The van der Waals surface area contributed by atoms with Crippen LogP contribution >= 0.6 is 23.2 Å². The molecular weight excluding hydrogens is 261 g/mol. The molecule has 0 radical (unpaired) electrons. The number of aromatic nitrogens is 3. The van der Waals surface area contributed by atoms with Gasteiger partial charge in [-0.25, -0.2) is 4.68 Å². The van der Waals surface area contributed by atoms with Gasteiger partial charge in [0.2, 0.25) is 0 Å². The van der Waals surface area contributed by atoms with Crippen LogP contribution in [0, 0.1) is 0 Å². The molecule has 1 heterocycles. The number of hydrogen-bond donors (Lipinski definition) is 0. The first-order chi connectivity index (χ1) is 8.28. The normalized spacial score (nSPS) is 10.5. The third-order valence-corrected chi connectivity index (χ3v) is 2.65. The van der Waals surface area contributed by atoms with Gasteiger partial charge in [-0.3, -0.25) is 0 Å². The fourth-order valence-corrected chi connectivity index (χ4v) is 1.55. The number of hydrogen-bond acceptors (Lipinski definition) is 3.